The predicted octanol–water partition coefficient (Wildman–Crippen LogP) is 3.71. The third kappa shape index (κ3) is 4.35. The van der Waals surface area contributed by atoms with Crippen LogP contribution in [-0.4, -0.2) is 65.5 Å². The molecule has 1 N–H and O–H groups in total. The zero-order valence-corrected chi connectivity index (χ0v) is 18.9. The Morgan fingerprint density at radius 1 is 1.15 bits per heavy atom. The number of hydrogen-bond donors (Lipinski definition) is 1. The van der Waals surface area contributed by atoms with E-state index >= 15 is 0 Å². The number of morpholine rings is 1. The molecule has 0 bridgehead atoms. The summed E-state index contributed by atoms with van der Waals surface area (Å²) in [5.41, 5.74) is 2.27. The molecule has 2 aliphatic rings. The second-order valence-corrected chi connectivity index (χ2v) is 8.72. The van der Waals surface area contributed by atoms with Crippen molar-refractivity contribution in [2.75, 3.05) is 49.6 Å². The Labute approximate surface area is 191 Å². The average molecular weight is 455 g/mol. The third-order valence-electron chi connectivity index (χ3n) is 6.77. The van der Waals surface area contributed by atoms with Crippen LogP contribution >= 0.6 is 0 Å². The van der Waals surface area contributed by atoms with Crippen LogP contribution in [0.5, 0.6) is 0 Å². The van der Waals surface area contributed by atoms with Gasteiger partial charge in [-0.1, -0.05) is 18.2 Å². The van der Waals surface area contributed by atoms with E-state index < -0.39 is 6.43 Å². The first-order valence-electron chi connectivity index (χ1n) is 11.3. The summed E-state index contributed by atoms with van der Waals surface area (Å²) in [6.45, 7) is 9.34. The number of anilines is 2. The van der Waals surface area contributed by atoms with Gasteiger partial charge in [0.05, 0.1) is 24.9 Å². The SMILES string of the molecule is Cc1c(CNc2nnc(C)c3cnc(N4CCN5CCOCC5C4)cc23)cccc1C(F)F. The molecule has 9 heteroatoms. The van der Waals surface area contributed by atoms with Crippen molar-refractivity contribution >= 4 is 22.4 Å². The van der Waals surface area contributed by atoms with Gasteiger partial charge in [-0.25, -0.2) is 13.8 Å². The summed E-state index contributed by atoms with van der Waals surface area (Å²) in [6, 6.07) is 7.43. The molecular formula is C24H28F2N6O. The van der Waals surface area contributed by atoms with Crippen molar-refractivity contribution in [3.8, 4) is 0 Å². The van der Waals surface area contributed by atoms with Crippen molar-refractivity contribution in [1.29, 1.82) is 0 Å². The predicted molar refractivity (Wildman–Crippen MR) is 124 cm³/mol. The van der Waals surface area contributed by atoms with Gasteiger partial charge in [0, 0.05) is 55.3 Å². The fourth-order valence-corrected chi connectivity index (χ4v) is 4.73. The van der Waals surface area contributed by atoms with Gasteiger partial charge in [0.25, 0.3) is 6.43 Å². The summed E-state index contributed by atoms with van der Waals surface area (Å²) in [5, 5.41) is 13.8. The molecule has 174 valence electrons. The molecule has 7 nitrogen and oxygen atoms in total. The molecule has 33 heavy (non-hydrogen) atoms. The van der Waals surface area contributed by atoms with Crippen molar-refractivity contribution in [2.24, 2.45) is 0 Å². The highest BCUT2D eigenvalue weighted by Crippen LogP contribution is 2.29. The van der Waals surface area contributed by atoms with Crippen molar-refractivity contribution in [3.05, 3.63) is 52.8 Å². The number of fused-ring (bicyclic) bond motifs is 2. The molecule has 5 rings (SSSR count). The minimum atomic E-state index is -2.49. The number of piperazine rings is 1. The number of nitrogens with zero attached hydrogens (tertiary/aromatic N) is 5. The molecule has 0 radical (unpaired) electrons. The minimum absolute atomic E-state index is 0.0615. The fourth-order valence-electron chi connectivity index (χ4n) is 4.73. The summed E-state index contributed by atoms with van der Waals surface area (Å²) in [4.78, 5) is 9.50. The van der Waals surface area contributed by atoms with Gasteiger partial charge in [0.2, 0.25) is 0 Å². The first kappa shape index (κ1) is 21.9. The Hall–Kier alpha value is -2.91. The van der Waals surface area contributed by atoms with Crippen LogP contribution in [0.15, 0.2) is 30.5 Å². The highest BCUT2D eigenvalue weighted by molar-refractivity contribution is 5.94. The average Bonchev–Trinajstić information content (AvgIpc) is 2.83. The maximum atomic E-state index is 13.3. The highest BCUT2D eigenvalue weighted by atomic mass is 19.3. The number of rotatable bonds is 5. The molecule has 4 heterocycles. The van der Waals surface area contributed by atoms with E-state index in [9.17, 15) is 8.78 Å². The Morgan fingerprint density at radius 3 is 2.88 bits per heavy atom. The van der Waals surface area contributed by atoms with E-state index in [4.69, 9.17) is 9.72 Å². The van der Waals surface area contributed by atoms with Crippen LogP contribution in [0.1, 0.15) is 28.8 Å². The van der Waals surface area contributed by atoms with Crippen LogP contribution in [0.25, 0.3) is 10.8 Å². The van der Waals surface area contributed by atoms with Crippen molar-refractivity contribution < 1.29 is 13.5 Å². The lowest BCUT2D eigenvalue weighted by Crippen LogP contribution is -2.58. The maximum Gasteiger partial charge on any atom is 0.264 e. The number of pyridine rings is 1. The molecule has 0 spiro atoms. The minimum Gasteiger partial charge on any atom is -0.378 e. The van der Waals surface area contributed by atoms with E-state index in [-0.39, 0.29) is 5.56 Å². The van der Waals surface area contributed by atoms with Crippen LogP contribution in [0, 0.1) is 13.8 Å². The fraction of sp³-hybridized carbons (Fsp3) is 0.458. The van der Waals surface area contributed by atoms with Crippen molar-refractivity contribution in [2.45, 2.75) is 32.9 Å². The second kappa shape index (κ2) is 9.15. The first-order valence-corrected chi connectivity index (χ1v) is 11.3. The molecule has 1 unspecified atom stereocenters. The third-order valence-corrected chi connectivity index (χ3v) is 6.77. The number of hydrogen-bond acceptors (Lipinski definition) is 7. The molecule has 0 amide bonds. The van der Waals surface area contributed by atoms with Crippen LogP contribution in [0.2, 0.25) is 0 Å². The summed E-state index contributed by atoms with van der Waals surface area (Å²) in [6.07, 6.45) is -0.639. The molecule has 0 saturated carbocycles. The lowest BCUT2D eigenvalue weighted by molar-refractivity contribution is -0.0117. The van der Waals surface area contributed by atoms with Gasteiger partial charge >= 0.3 is 0 Å². The maximum absolute atomic E-state index is 13.3. The Balaban J connectivity index is 1.41. The highest BCUT2D eigenvalue weighted by Gasteiger charge is 2.30. The standard InChI is InChI=1S/C24H28F2N6O/c1-15-17(4-3-5-19(15)23(25)26)11-28-24-20-10-22(27-12-21(20)16(2)29-30-24)32-7-6-31-8-9-33-14-18(31)13-32/h3-5,10,12,18,23H,6-9,11,13-14H2,1-2H3,(H,28,30). The van der Waals surface area contributed by atoms with Crippen molar-refractivity contribution in [3.63, 3.8) is 0 Å². The molecule has 2 aromatic heterocycles. The molecule has 1 aromatic carbocycles. The molecule has 2 aliphatic heterocycles. The van der Waals surface area contributed by atoms with Gasteiger partial charge in [-0.05, 0) is 31.0 Å². The van der Waals surface area contributed by atoms with E-state index in [1.807, 2.05) is 19.2 Å². The van der Waals surface area contributed by atoms with Crippen LogP contribution in [-0.2, 0) is 11.3 Å². The molecule has 3 aromatic rings. The van der Waals surface area contributed by atoms with E-state index in [1.54, 1.807) is 13.0 Å². The number of halogens is 2. The Morgan fingerprint density at radius 2 is 2.03 bits per heavy atom. The number of aromatic nitrogens is 3. The summed E-state index contributed by atoms with van der Waals surface area (Å²) < 4.78 is 32.2. The molecular weight excluding hydrogens is 426 g/mol. The number of nitrogens with one attached hydrogen (secondary N) is 1. The van der Waals surface area contributed by atoms with Gasteiger partial charge in [0.1, 0.15) is 5.82 Å². The summed E-state index contributed by atoms with van der Waals surface area (Å²) in [7, 11) is 0. The molecule has 2 saturated heterocycles. The lowest BCUT2D eigenvalue weighted by Gasteiger charge is -2.44. The van der Waals surface area contributed by atoms with Gasteiger partial charge in [-0.15, -0.1) is 5.10 Å². The van der Waals surface area contributed by atoms with Gasteiger partial charge in [0.15, 0.2) is 5.82 Å². The monoisotopic (exact) mass is 454 g/mol. The van der Waals surface area contributed by atoms with E-state index in [2.05, 4.69) is 31.4 Å². The zero-order valence-electron chi connectivity index (χ0n) is 18.9. The number of aryl methyl sites for hydroxylation is 1. The number of alkyl halides is 2. The topological polar surface area (TPSA) is 66.4 Å². The van der Waals surface area contributed by atoms with Crippen LogP contribution < -0.4 is 10.2 Å². The lowest BCUT2D eigenvalue weighted by atomic mass is 10.0. The van der Waals surface area contributed by atoms with E-state index in [0.717, 1.165) is 67.2 Å². The summed E-state index contributed by atoms with van der Waals surface area (Å²) >= 11 is 0. The quantitative estimate of drug-likeness (QED) is 0.630. The Bertz CT molecular complexity index is 1160. The first-order chi connectivity index (χ1) is 16.0. The molecule has 2 fully saturated rings. The normalized spacial score (nSPS) is 19.2. The van der Waals surface area contributed by atoms with Crippen molar-refractivity contribution in [1.82, 2.24) is 20.1 Å². The van der Waals surface area contributed by atoms with Gasteiger partial charge in [-0.2, -0.15) is 5.10 Å². The number of benzene rings is 1. The Kier molecular flexibility index (Phi) is 6.07. The summed E-state index contributed by atoms with van der Waals surface area (Å²) in [5.74, 6) is 1.53. The van der Waals surface area contributed by atoms with Crippen LogP contribution in [0.4, 0.5) is 20.4 Å². The van der Waals surface area contributed by atoms with Gasteiger partial charge in [-0.3, -0.25) is 4.90 Å². The smallest absolute Gasteiger partial charge is 0.264 e. The molecule has 1 atom stereocenters. The van der Waals surface area contributed by atoms with E-state index in [1.165, 1.54) is 6.07 Å². The second-order valence-electron chi connectivity index (χ2n) is 8.72. The largest absolute Gasteiger partial charge is 0.378 e. The van der Waals surface area contributed by atoms with Gasteiger partial charge < -0.3 is 15.0 Å². The van der Waals surface area contributed by atoms with E-state index in [0.29, 0.717) is 24.0 Å². The van der Waals surface area contributed by atoms with Crippen LogP contribution in [0.3, 0.4) is 0 Å². The zero-order chi connectivity index (χ0) is 22.9. The number of ether oxygens (including phenoxy) is 1. The molecule has 0 aliphatic carbocycles.